The summed E-state index contributed by atoms with van der Waals surface area (Å²) in [6.45, 7) is 23.1. The molecule has 4 N–H and O–H groups in total. The number of carbonyl (C=O) groups excluding carboxylic acids is 2. The van der Waals surface area contributed by atoms with E-state index in [1.807, 2.05) is 52.0 Å². The number of likely N-dealkylation sites (N-methyl/N-ethyl adjacent to an activating group) is 2. The number of benzene rings is 1. The molecule has 8 heteroatoms. The van der Waals surface area contributed by atoms with Crippen molar-refractivity contribution in [1.82, 2.24) is 31.1 Å². The van der Waals surface area contributed by atoms with Gasteiger partial charge in [0.15, 0.2) is 0 Å². The van der Waals surface area contributed by atoms with Crippen molar-refractivity contribution in [3.63, 3.8) is 0 Å². The first-order chi connectivity index (χ1) is 16.0. The molecule has 0 bridgehead atoms. The van der Waals surface area contributed by atoms with Crippen molar-refractivity contribution < 1.29 is 9.59 Å². The van der Waals surface area contributed by atoms with Gasteiger partial charge in [0.2, 0.25) is 0 Å². The molecule has 0 spiro atoms. The normalized spacial score (nSPS) is 12.1. The maximum absolute atomic E-state index is 12.5. The number of nitrogens with one attached hydrogen (secondary N) is 4. The fourth-order valence-electron chi connectivity index (χ4n) is 3.83. The van der Waals surface area contributed by atoms with Gasteiger partial charge in [-0.15, -0.1) is 0 Å². The zero-order chi connectivity index (χ0) is 25.8. The molecule has 0 aliphatic carbocycles. The van der Waals surface area contributed by atoms with Gasteiger partial charge in [-0.2, -0.15) is 0 Å². The lowest BCUT2D eigenvalue weighted by atomic mass is 9.87. The molecule has 194 valence electrons. The summed E-state index contributed by atoms with van der Waals surface area (Å²) in [4.78, 5) is 29.5. The Labute approximate surface area is 207 Å². The van der Waals surface area contributed by atoms with E-state index in [9.17, 15) is 9.59 Å². The Hall–Kier alpha value is -2.32. The van der Waals surface area contributed by atoms with Crippen molar-refractivity contribution in [2.24, 2.45) is 0 Å². The van der Waals surface area contributed by atoms with Crippen LogP contribution in [0.15, 0.2) is 24.3 Å². The van der Waals surface area contributed by atoms with Gasteiger partial charge in [0.25, 0.3) is 0 Å². The van der Waals surface area contributed by atoms with E-state index in [1.54, 1.807) is 0 Å². The van der Waals surface area contributed by atoms with Crippen LogP contribution in [0.1, 0.15) is 66.5 Å². The van der Waals surface area contributed by atoms with Gasteiger partial charge in [0.1, 0.15) is 0 Å². The quantitative estimate of drug-likeness (QED) is 0.331. The number of carbonyl (C=O) groups is 2. The van der Waals surface area contributed by atoms with Crippen LogP contribution in [0.3, 0.4) is 0 Å². The summed E-state index contributed by atoms with van der Waals surface area (Å²) in [6, 6.07) is 7.64. The van der Waals surface area contributed by atoms with E-state index in [4.69, 9.17) is 0 Å². The lowest BCUT2D eigenvalue weighted by molar-refractivity contribution is 0.226. The summed E-state index contributed by atoms with van der Waals surface area (Å²) in [5, 5.41) is 12.1. The number of nitrogens with zero attached hydrogens (tertiary/aromatic N) is 2. The van der Waals surface area contributed by atoms with Gasteiger partial charge in [-0.3, -0.25) is 0 Å². The average molecular weight is 477 g/mol. The second-order valence-electron chi connectivity index (χ2n) is 9.65. The topological polar surface area (TPSA) is 88.7 Å². The van der Waals surface area contributed by atoms with Gasteiger partial charge in [-0.05, 0) is 65.0 Å². The number of hydrogen-bond acceptors (Lipinski definition) is 4. The predicted octanol–water partition coefficient (Wildman–Crippen LogP) is 3.44. The third-order valence-corrected chi connectivity index (χ3v) is 6.37. The van der Waals surface area contributed by atoms with Crippen LogP contribution in [-0.2, 0) is 11.1 Å². The molecule has 0 unspecified atom stereocenters. The van der Waals surface area contributed by atoms with E-state index < -0.39 is 11.1 Å². The molecule has 0 heterocycles. The number of hydrogen-bond donors (Lipinski definition) is 4. The smallest absolute Gasteiger partial charge is 0.315 e. The number of amides is 4. The third kappa shape index (κ3) is 9.89. The van der Waals surface area contributed by atoms with Crippen molar-refractivity contribution in [1.29, 1.82) is 0 Å². The monoisotopic (exact) mass is 476 g/mol. The molecule has 0 aliphatic heterocycles. The maximum Gasteiger partial charge on any atom is 0.315 e. The van der Waals surface area contributed by atoms with Gasteiger partial charge in [-0.25, -0.2) is 9.59 Å². The van der Waals surface area contributed by atoms with Crippen molar-refractivity contribution >= 4 is 12.1 Å². The highest BCUT2D eigenvalue weighted by atomic mass is 16.2. The van der Waals surface area contributed by atoms with Crippen LogP contribution < -0.4 is 21.3 Å². The van der Waals surface area contributed by atoms with Gasteiger partial charge < -0.3 is 31.1 Å². The van der Waals surface area contributed by atoms with Gasteiger partial charge in [0.05, 0.1) is 11.1 Å². The predicted molar refractivity (Wildman–Crippen MR) is 141 cm³/mol. The highest BCUT2D eigenvalue weighted by molar-refractivity contribution is 5.75. The fraction of sp³-hybridized carbons (Fsp3) is 0.692. The highest BCUT2D eigenvalue weighted by Crippen LogP contribution is 2.26. The largest absolute Gasteiger partial charge is 0.337 e. The van der Waals surface area contributed by atoms with Crippen LogP contribution in [0, 0.1) is 0 Å². The summed E-state index contributed by atoms with van der Waals surface area (Å²) in [7, 11) is 0. The zero-order valence-corrected chi connectivity index (χ0v) is 22.7. The second kappa shape index (κ2) is 14.2. The number of urea groups is 2. The molecule has 34 heavy (non-hydrogen) atoms. The van der Waals surface area contributed by atoms with Crippen molar-refractivity contribution in [2.45, 2.75) is 66.5 Å². The zero-order valence-electron chi connectivity index (χ0n) is 22.7. The molecule has 0 atom stereocenters. The standard InChI is InChI=1S/C26H48N6O2/c1-9-31(10-2)18-16-27-23(33)29-25(5,6)21-14-13-15-22(20-21)26(7,8)30-24(34)28-17-19-32(11-3)12-4/h13-15,20H,9-12,16-19H2,1-8H3,(H2,27,29,33)(H2,28,30,34). The molecule has 8 nitrogen and oxygen atoms in total. The minimum atomic E-state index is -0.572. The van der Waals surface area contributed by atoms with E-state index in [0.29, 0.717) is 13.1 Å². The summed E-state index contributed by atoms with van der Waals surface area (Å²) < 4.78 is 0. The molecule has 0 aromatic heterocycles. The molecule has 0 fully saturated rings. The van der Waals surface area contributed by atoms with Crippen LogP contribution >= 0.6 is 0 Å². The minimum absolute atomic E-state index is 0.187. The van der Waals surface area contributed by atoms with E-state index in [1.165, 1.54) is 0 Å². The van der Waals surface area contributed by atoms with E-state index in [0.717, 1.165) is 50.4 Å². The maximum atomic E-state index is 12.5. The molecule has 1 aromatic rings. The molecular weight excluding hydrogens is 428 g/mol. The molecule has 1 aromatic carbocycles. The van der Waals surface area contributed by atoms with Gasteiger partial charge in [-0.1, -0.05) is 52.0 Å². The van der Waals surface area contributed by atoms with Crippen LogP contribution in [0.2, 0.25) is 0 Å². The molecule has 0 aliphatic rings. The first-order valence-electron chi connectivity index (χ1n) is 12.7. The van der Waals surface area contributed by atoms with Gasteiger partial charge in [0, 0.05) is 26.2 Å². The van der Waals surface area contributed by atoms with Crippen LogP contribution in [0.5, 0.6) is 0 Å². The Morgan fingerprint density at radius 3 is 1.38 bits per heavy atom. The van der Waals surface area contributed by atoms with Crippen LogP contribution in [0.25, 0.3) is 0 Å². The van der Waals surface area contributed by atoms with E-state index in [-0.39, 0.29) is 12.1 Å². The molecule has 4 amide bonds. The lowest BCUT2D eigenvalue weighted by Gasteiger charge is -2.31. The SMILES string of the molecule is CCN(CC)CCNC(=O)NC(C)(C)c1cccc(C(C)(C)NC(=O)NCCN(CC)CC)c1. The van der Waals surface area contributed by atoms with Crippen molar-refractivity contribution in [2.75, 3.05) is 52.4 Å². The van der Waals surface area contributed by atoms with Crippen LogP contribution in [-0.4, -0.2) is 74.2 Å². The molecule has 0 saturated heterocycles. The van der Waals surface area contributed by atoms with Crippen molar-refractivity contribution in [3.8, 4) is 0 Å². The highest BCUT2D eigenvalue weighted by Gasteiger charge is 2.27. The Bertz CT molecular complexity index is 698. The summed E-state index contributed by atoms with van der Waals surface area (Å²) in [5.41, 5.74) is 0.802. The Morgan fingerprint density at radius 2 is 1.06 bits per heavy atom. The summed E-state index contributed by atoms with van der Waals surface area (Å²) in [6.07, 6.45) is 0. The first-order valence-corrected chi connectivity index (χ1v) is 12.7. The fourth-order valence-corrected chi connectivity index (χ4v) is 3.83. The third-order valence-electron chi connectivity index (χ3n) is 6.37. The molecule has 0 saturated carbocycles. The second-order valence-corrected chi connectivity index (χ2v) is 9.65. The van der Waals surface area contributed by atoms with Gasteiger partial charge >= 0.3 is 12.1 Å². The first kappa shape index (κ1) is 29.7. The lowest BCUT2D eigenvalue weighted by Crippen LogP contribution is -2.49. The van der Waals surface area contributed by atoms with Crippen LogP contribution in [0.4, 0.5) is 9.59 Å². The molecular formula is C26H48N6O2. The Kier molecular flexibility index (Phi) is 12.4. The van der Waals surface area contributed by atoms with E-state index in [2.05, 4.69) is 58.8 Å². The summed E-state index contributed by atoms with van der Waals surface area (Å²) in [5.74, 6) is 0. The average Bonchev–Trinajstić information content (AvgIpc) is 2.79. The Balaban J connectivity index is 2.73. The van der Waals surface area contributed by atoms with Crippen molar-refractivity contribution in [3.05, 3.63) is 35.4 Å². The molecule has 1 rings (SSSR count). The summed E-state index contributed by atoms with van der Waals surface area (Å²) >= 11 is 0. The minimum Gasteiger partial charge on any atom is -0.337 e. The van der Waals surface area contributed by atoms with E-state index >= 15 is 0 Å². The molecule has 0 radical (unpaired) electrons. The number of rotatable bonds is 14. The Morgan fingerprint density at radius 1 is 0.706 bits per heavy atom.